The van der Waals surface area contributed by atoms with Crippen LogP contribution < -0.4 is 9.62 Å². The second-order valence-corrected chi connectivity index (χ2v) is 10.5. The number of thioether (sulfide) groups is 1. The molecular weight excluding hydrogens is 380 g/mol. The van der Waals surface area contributed by atoms with Gasteiger partial charge in [-0.05, 0) is 44.0 Å². The second-order valence-electron chi connectivity index (χ2n) is 7.38. The molecule has 0 aromatic heterocycles. The Morgan fingerprint density at radius 1 is 1.15 bits per heavy atom. The van der Waals surface area contributed by atoms with Crippen LogP contribution in [0.3, 0.4) is 0 Å². The van der Waals surface area contributed by atoms with Gasteiger partial charge in [0.25, 0.3) is 10.0 Å². The monoisotopic (exact) mass is 402 g/mol. The summed E-state index contributed by atoms with van der Waals surface area (Å²) >= 11 is 1.69. The van der Waals surface area contributed by atoms with Crippen molar-refractivity contribution in [3.8, 4) is 0 Å². The molecule has 7 heteroatoms. The third-order valence-electron chi connectivity index (χ3n) is 5.07. The number of sulfonamides is 1. The van der Waals surface area contributed by atoms with Crippen molar-refractivity contribution in [2.75, 3.05) is 16.2 Å². The van der Waals surface area contributed by atoms with Crippen molar-refractivity contribution in [2.45, 2.75) is 49.2 Å². The minimum absolute atomic E-state index is 0.0243. The van der Waals surface area contributed by atoms with Crippen molar-refractivity contribution in [3.63, 3.8) is 0 Å². The quantitative estimate of drug-likeness (QED) is 0.848. The van der Waals surface area contributed by atoms with Crippen LogP contribution in [-0.4, -0.2) is 26.1 Å². The van der Waals surface area contributed by atoms with E-state index in [4.69, 9.17) is 0 Å². The van der Waals surface area contributed by atoms with Crippen molar-refractivity contribution >= 4 is 39.1 Å². The molecule has 1 N–H and O–H groups in total. The van der Waals surface area contributed by atoms with E-state index in [1.165, 1.54) is 0 Å². The summed E-state index contributed by atoms with van der Waals surface area (Å²) in [6.45, 7) is 8.48. The van der Waals surface area contributed by atoms with Crippen molar-refractivity contribution in [1.29, 1.82) is 0 Å². The summed E-state index contributed by atoms with van der Waals surface area (Å²) in [5, 5.41) is 0.297. The molecule has 1 amide bonds. The van der Waals surface area contributed by atoms with Gasteiger partial charge in [-0.3, -0.25) is 9.52 Å². The van der Waals surface area contributed by atoms with Crippen molar-refractivity contribution in [1.82, 2.24) is 0 Å². The molecule has 0 saturated carbocycles. The number of amides is 1. The van der Waals surface area contributed by atoms with Crippen molar-refractivity contribution < 1.29 is 13.2 Å². The molecule has 2 aliphatic heterocycles. The van der Waals surface area contributed by atoms with Crippen LogP contribution in [0.4, 0.5) is 11.4 Å². The van der Waals surface area contributed by atoms with Gasteiger partial charge in [-0.15, -0.1) is 11.8 Å². The first-order chi connectivity index (χ1) is 12.7. The Balaban J connectivity index is 1.80. The lowest BCUT2D eigenvalue weighted by Gasteiger charge is -2.29. The number of rotatable bonds is 3. The summed E-state index contributed by atoms with van der Waals surface area (Å²) in [6.07, 6.45) is 0.137. The van der Waals surface area contributed by atoms with E-state index in [0.717, 1.165) is 27.3 Å². The Morgan fingerprint density at radius 3 is 2.48 bits per heavy atom. The molecule has 0 aliphatic carbocycles. The fourth-order valence-electron chi connectivity index (χ4n) is 4.02. The van der Waals surface area contributed by atoms with Gasteiger partial charge in [-0.25, -0.2) is 8.42 Å². The first-order valence-electron chi connectivity index (χ1n) is 8.91. The zero-order valence-electron chi connectivity index (χ0n) is 15.8. The molecule has 0 saturated heterocycles. The van der Waals surface area contributed by atoms with E-state index >= 15 is 0 Å². The first-order valence-corrected chi connectivity index (χ1v) is 11.3. The summed E-state index contributed by atoms with van der Waals surface area (Å²) in [5.41, 5.74) is 4.86. The number of benzene rings is 2. The molecule has 0 spiro atoms. The summed E-state index contributed by atoms with van der Waals surface area (Å²) in [4.78, 5) is 15.4. The zero-order chi connectivity index (χ0) is 19.5. The highest BCUT2D eigenvalue weighted by atomic mass is 32.2. The number of carbonyl (C=O) groups is 1. The number of carbonyl (C=O) groups excluding carboxylic acids is 1. The maximum absolute atomic E-state index is 13.2. The maximum Gasteiger partial charge on any atom is 0.262 e. The van der Waals surface area contributed by atoms with Crippen LogP contribution in [0.2, 0.25) is 0 Å². The second kappa shape index (κ2) is 6.27. The van der Waals surface area contributed by atoms with Gasteiger partial charge in [0, 0.05) is 22.3 Å². The molecule has 1 atom stereocenters. The number of nitrogens with zero attached hydrogens (tertiary/aromatic N) is 1. The lowest BCUT2D eigenvalue weighted by Crippen LogP contribution is -2.35. The average molecular weight is 403 g/mol. The number of anilines is 2. The predicted molar refractivity (Wildman–Crippen MR) is 109 cm³/mol. The Labute approximate surface area is 164 Å². The highest BCUT2D eigenvalue weighted by Gasteiger charge is 2.38. The first kappa shape index (κ1) is 18.4. The zero-order valence-corrected chi connectivity index (χ0v) is 17.4. The van der Waals surface area contributed by atoms with Crippen LogP contribution in [0.25, 0.3) is 0 Å². The number of hydrogen-bond acceptors (Lipinski definition) is 4. The largest absolute Gasteiger partial charge is 0.310 e. The molecular formula is C20H22N2O3S2. The SMILES string of the molecule is Cc1cc(C)c(NS(=O)(=O)c2ccc3c4c2CC(=O)N4C[C@H](C)S3)c(C)c1. The van der Waals surface area contributed by atoms with Crippen LogP contribution in [0.5, 0.6) is 0 Å². The molecule has 0 fully saturated rings. The minimum Gasteiger partial charge on any atom is -0.310 e. The molecule has 2 aliphatic rings. The highest BCUT2D eigenvalue weighted by Crippen LogP contribution is 2.46. The summed E-state index contributed by atoms with van der Waals surface area (Å²) in [5.74, 6) is -0.0243. The topological polar surface area (TPSA) is 66.5 Å². The van der Waals surface area contributed by atoms with Gasteiger partial charge in [-0.1, -0.05) is 24.6 Å². The van der Waals surface area contributed by atoms with E-state index in [1.54, 1.807) is 22.7 Å². The van der Waals surface area contributed by atoms with Gasteiger partial charge in [0.2, 0.25) is 5.91 Å². The fourth-order valence-corrected chi connectivity index (χ4v) is 6.61. The molecule has 2 aromatic carbocycles. The lowest BCUT2D eigenvalue weighted by atomic mass is 10.1. The number of aryl methyl sites for hydroxylation is 3. The van der Waals surface area contributed by atoms with Gasteiger partial charge in [0.05, 0.1) is 22.7 Å². The molecule has 4 rings (SSSR count). The lowest BCUT2D eigenvalue weighted by molar-refractivity contribution is -0.117. The van der Waals surface area contributed by atoms with Gasteiger partial charge >= 0.3 is 0 Å². The highest BCUT2D eigenvalue weighted by molar-refractivity contribution is 8.00. The summed E-state index contributed by atoms with van der Waals surface area (Å²) < 4.78 is 29.2. The molecule has 2 heterocycles. The van der Waals surface area contributed by atoms with E-state index < -0.39 is 10.0 Å². The van der Waals surface area contributed by atoms with Crippen LogP contribution in [-0.2, 0) is 21.2 Å². The fraction of sp³-hybridized carbons (Fsp3) is 0.350. The molecule has 5 nitrogen and oxygen atoms in total. The average Bonchev–Trinajstić information content (AvgIpc) is 2.88. The summed E-state index contributed by atoms with van der Waals surface area (Å²) in [6, 6.07) is 7.38. The Kier molecular flexibility index (Phi) is 4.27. The van der Waals surface area contributed by atoms with Crippen molar-refractivity contribution in [3.05, 3.63) is 46.5 Å². The normalized spacial score (nSPS) is 18.6. The third-order valence-corrected chi connectivity index (χ3v) is 7.64. The van der Waals surface area contributed by atoms with Crippen LogP contribution in [0.1, 0.15) is 29.2 Å². The standard InChI is InChI=1S/C20H22N2O3S2/c1-11-7-12(2)19(13(3)8-11)21-27(24,25)17-6-5-16-20-15(17)9-18(23)22(20)10-14(4)26-16/h5-8,14,21H,9-10H2,1-4H3/t14-/m0/s1. The number of nitrogens with one attached hydrogen (secondary N) is 1. The third kappa shape index (κ3) is 3.02. The Hall–Kier alpha value is -1.99. The molecule has 2 aromatic rings. The van der Waals surface area contributed by atoms with E-state index in [2.05, 4.69) is 11.6 Å². The van der Waals surface area contributed by atoms with Crippen LogP contribution >= 0.6 is 11.8 Å². The molecule has 27 heavy (non-hydrogen) atoms. The van der Waals surface area contributed by atoms with E-state index in [0.29, 0.717) is 23.0 Å². The van der Waals surface area contributed by atoms with Crippen molar-refractivity contribution in [2.24, 2.45) is 0 Å². The minimum atomic E-state index is -3.80. The van der Waals surface area contributed by atoms with E-state index in [9.17, 15) is 13.2 Å². The van der Waals surface area contributed by atoms with E-state index in [-0.39, 0.29) is 17.2 Å². The molecule has 0 radical (unpaired) electrons. The number of hydrogen-bond donors (Lipinski definition) is 1. The van der Waals surface area contributed by atoms with Gasteiger partial charge in [0.15, 0.2) is 0 Å². The van der Waals surface area contributed by atoms with Crippen LogP contribution in [0, 0.1) is 20.8 Å². The van der Waals surface area contributed by atoms with E-state index in [1.807, 2.05) is 39.0 Å². The Morgan fingerprint density at radius 2 is 1.81 bits per heavy atom. The predicted octanol–water partition coefficient (Wildman–Crippen LogP) is 3.80. The van der Waals surface area contributed by atoms with Gasteiger partial charge < -0.3 is 4.90 Å². The maximum atomic E-state index is 13.2. The molecule has 0 bridgehead atoms. The van der Waals surface area contributed by atoms with Gasteiger partial charge in [-0.2, -0.15) is 0 Å². The molecule has 142 valence electrons. The van der Waals surface area contributed by atoms with Crippen LogP contribution in [0.15, 0.2) is 34.1 Å². The Bertz CT molecular complexity index is 1050. The summed E-state index contributed by atoms with van der Waals surface area (Å²) in [7, 11) is -3.80. The van der Waals surface area contributed by atoms with Gasteiger partial charge in [0.1, 0.15) is 0 Å². The smallest absolute Gasteiger partial charge is 0.262 e. The molecule has 0 unspecified atom stereocenters.